The van der Waals surface area contributed by atoms with Gasteiger partial charge >= 0.3 is 0 Å². The topological polar surface area (TPSA) is 15.3 Å². The van der Waals surface area contributed by atoms with Gasteiger partial charge in [0.15, 0.2) is 0 Å². The second-order valence-corrected chi connectivity index (χ2v) is 5.49. The maximum Gasteiger partial charge on any atom is 0.0361 e. The quantitative estimate of drug-likeness (QED) is 0.754. The molecule has 108 valence electrons. The smallest absolute Gasteiger partial charge is 0.0361 e. The van der Waals surface area contributed by atoms with Gasteiger partial charge in [-0.1, -0.05) is 45.7 Å². The predicted octanol–water partition coefficient (Wildman–Crippen LogP) is 4.23. The zero-order chi connectivity index (χ0) is 14.3. The molecule has 0 spiro atoms. The van der Waals surface area contributed by atoms with Gasteiger partial charge in [-0.2, -0.15) is 0 Å². The number of nitrogens with zero attached hydrogens (tertiary/aromatic N) is 1. The van der Waals surface area contributed by atoms with Crippen LogP contribution in [-0.2, 0) is 0 Å². The molecule has 0 heterocycles. The highest BCUT2D eigenvalue weighted by atomic mass is 15.1. The van der Waals surface area contributed by atoms with Gasteiger partial charge in [0.1, 0.15) is 0 Å². The van der Waals surface area contributed by atoms with Crippen LogP contribution in [0, 0.1) is 5.92 Å². The Morgan fingerprint density at radius 3 is 2.00 bits per heavy atom. The highest BCUT2D eigenvalue weighted by Crippen LogP contribution is 2.28. The molecular formula is C17H30N2. The fourth-order valence-corrected chi connectivity index (χ4v) is 2.60. The third-order valence-electron chi connectivity index (χ3n) is 3.90. The molecule has 0 radical (unpaired) electrons. The van der Waals surface area contributed by atoms with Crippen molar-refractivity contribution in [2.45, 2.75) is 46.1 Å². The molecule has 0 aliphatic heterocycles. The zero-order valence-corrected chi connectivity index (χ0v) is 13.2. The SMILES string of the molecule is CCCNC(c1ccc(N(C)C)cc1)C(CC)CC. The molecule has 1 aromatic rings. The van der Waals surface area contributed by atoms with Crippen LogP contribution < -0.4 is 10.2 Å². The van der Waals surface area contributed by atoms with Crippen LogP contribution in [-0.4, -0.2) is 20.6 Å². The van der Waals surface area contributed by atoms with Gasteiger partial charge in [0.2, 0.25) is 0 Å². The fourth-order valence-electron chi connectivity index (χ4n) is 2.60. The molecule has 2 heteroatoms. The molecule has 1 N–H and O–H groups in total. The number of hydrogen-bond donors (Lipinski definition) is 1. The average molecular weight is 262 g/mol. The normalized spacial score (nSPS) is 12.7. The summed E-state index contributed by atoms with van der Waals surface area (Å²) in [6, 6.07) is 9.49. The predicted molar refractivity (Wildman–Crippen MR) is 85.9 cm³/mol. The van der Waals surface area contributed by atoms with Crippen molar-refractivity contribution >= 4 is 5.69 Å². The lowest BCUT2D eigenvalue weighted by Gasteiger charge is -2.27. The summed E-state index contributed by atoms with van der Waals surface area (Å²) < 4.78 is 0. The summed E-state index contributed by atoms with van der Waals surface area (Å²) in [5.41, 5.74) is 2.69. The summed E-state index contributed by atoms with van der Waals surface area (Å²) >= 11 is 0. The van der Waals surface area contributed by atoms with Crippen molar-refractivity contribution < 1.29 is 0 Å². The third kappa shape index (κ3) is 4.54. The maximum absolute atomic E-state index is 3.72. The molecule has 19 heavy (non-hydrogen) atoms. The summed E-state index contributed by atoms with van der Waals surface area (Å²) in [4.78, 5) is 2.15. The van der Waals surface area contributed by atoms with Crippen LogP contribution in [0.4, 0.5) is 5.69 Å². The van der Waals surface area contributed by atoms with E-state index in [9.17, 15) is 0 Å². The summed E-state index contributed by atoms with van der Waals surface area (Å²) in [6.45, 7) is 7.91. The molecule has 2 nitrogen and oxygen atoms in total. The highest BCUT2D eigenvalue weighted by Gasteiger charge is 2.19. The molecular weight excluding hydrogens is 232 g/mol. The largest absolute Gasteiger partial charge is 0.378 e. The molecule has 1 aromatic carbocycles. The van der Waals surface area contributed by atoms with Crippen molar-refractivity contribution in [3.8, 4) is 0 Å². The number of anilines is 1. The first kappa shape index (κ1) is 16.0. The van der Waals surface area contributed by atoms with Gasteiger partial charge in [0.25, 0.3) is 0 Å². The second kappa shape index (κ2) is 8.21. The third-order valence-corrected chi connectivity index (χ3v) is 3.90. The van der Waals surface area contributed by atoms with E-state index < -0.39 is 0 Å². The number of hydrogen-bond acceptors (Lipinski definition) is 2. The lowest BCUT2D eigenvalue weighted by atomic mass is 9.88. The Morgan fingerprint density at radius 2 is 1.58 bits per heavy atom. The Labute approximate surface area is 119 Å². The van der Waals surface area contributed by atoms with E-state index in [0.29, 0.717) is 6.04 Å². The Bertz CT molecular complexity index is 339. The van der Waals surface area contributed by atoms with Gasteiger partial charge in [-0.25, -0.2) is 0 Å². The van der Waals surface area contributed by atoms with Gasteiger partial charge in [-0.3, -0.25) is 0 Å². The van der Waals surface area contributed by atoms with Crippen molar-refractivity contribution in [3.05, 3.63) is 29.8 Å². The van der Waals surface area contributed by atoms with E-state index in [2.05, 4.69) is 69.3 Å². The number of benzene rings is 1. The Kier molecular flexibility index (Phi) is 6.93. The molecule has 0 aliphatic rings. The molecule has 0 aliphatic carbocycles. The van der Waals surface area contributed by atoms with Crippen molar-refractivity contribution in [2.24, 2.45) is 5.92 Å². The van der Waals surface area contributed by atoms with Gasteiger partial charge in [-0.15, -0.1) is 0 Å². The first-order chi connectivity index (χ1) is 9.13. The molecule has 0 aromatic heterocycles. The summed E-state index contributed by atoms with van der Waals surface area (Å²) in [5, 5.41) is 3.72. The zero-order valence-electron chi connectivity index (χ0n) is 13.2. The van der Waals surface area contributed by atoms with Crippen LogP contribution >= 0.6 is 0 Å². The van der Waals surface area contributed by atoms with E-state index in [0.717, 1.165) is 12.5 Å². The standard InChI is InChI=1S/C17H30N2/c1-6-13-18-17(14(7-2)8-3)15-9-11-16(12-10-15)19(4)5/h9-12,14,17-18H,6-8,13H2,1-5H3. The molecule has 1 unspecified atom stereocenters. The molecule has 0 amide bonds. The van der Waals surface area contributed by atoms with E-state index in [-0.39, 0.29) is 0 Å². The Hall–Kier alpha value is -1.02. The second-order valence-electron chi connectivity index (χ2n) is 5.49. The highest BCUT2D eigenvalue weighted by molar-refractivity contribution is 5.46. The minimum absolute atomic E-state index is 0.492. The van der Waals surface area contributed by atoms with E-state index in [4.69, 9.17) is 0 Å². The van der Waals surface area contributed by atoms with Crippen molar-refractivity contribution in [1.82, 2.24) is 5.32 Å². The van der Waals surface area contributed by atoms with Gasteiger partial charge < -0.3 is 10.2 Å². The van der Waals surface area contributed by atoms with Crippen molar-refractivity contribution in [1.29, 1.82) is 0 Å². The van der Waals surface area contributed by atoms with Crippen LogP contribution in [0.1, 0.15) is 51.6 Å². The van der Waals surface area contributed by atoms with Crippen molar-refractivity contribution in [3.63, 3.8) is 0 Å². The van der Waals surface area contributed by atoms with Crippen LogP contribution in [0.25, 0.3) is 0 Å². The van der Waals surface area contributed by atoms with Gasteiger partial charge in [-0.05, 0) is 36.6 Å². The van der Waals surface area contributed by atoms with Crippen LogP contribution in [0.5, 0.6) is 0 Å². The minimum atomic E-state index is 0.492. The molecule has 1 rings (SSSR count). The molecule has 1 atom stereocenters. The molecule has 0 saturated carbocycles. The maximum atomic E-state index is 3.72. The van der Waals surface area contributed by atoms with Gasteiger partial charge in [0.05, 0.1) is 0 Å². The molecule has 0 fully saturated rings. The van der Waals surface area contributed by atoms with Crippen LogP contribution in [0.15, 0.2) is 24.3 Å². The summed E-state index contributed by atoms with van der Waals surface area (Å²) in [5.74, 6) is 0.719. The van der Waals surface area contributed by atoms with Crippen LogP contribution in [0.3, 0.4) is 0 Å². The fraction of sp³-hybridized carbons (Fsp3) is 0.647. The average Bonchev–Trinajstić information content (AvgIpc) is 2.43. The molecule has 0 bridgehead atoms. The Balaban J connectivity index is 2.89. The number of rotatable bonds is 8. The van der Waals surface area contributed by atoms with E-state index in [1.54, 1.807) is 0 Å². The van der Waals surface area contributed by atoms with Gasteiger partial charge in [0, 0.05) is 25.8 Å². The first-order valence-electron chi connectivity index (χ1n) is 7.64. The van der Waals surface area contributed by atoms with E-state index in [1.165, 1.54) is 30.5 Å². The lowest BCUT2D eigenvalue weighted by molar-refractivity contribution is 0.341. The lowest BCUT2D eigenvalue weighted by Crippen LogP contribution is -2.28. The Morgan fingerprint density at radius 1 is 1.00 bits per heavy atom. The monoisotopic (exact) mass is 262 g/mol. The van der Waals surface area contributed by atoms with Crippen LogP contribution in [0.2, 0.25) is 0 Å². The minimum Gasteiger partial charge on any atom is -0.378 e. The number of nitrogens with one attached hydrogen (secondary N) is 1. The summed E-state index contributed by atoms with van der Waals surface area (Å²) in [6.07, 6.45) is 3.65. The van der Waals surface area contributed by atoms with E-state index in [1.807, 2.05) is 0 Å². The molecule has 0 saturated heterocycles. The van der Waals surface area contributed by atoms with Crippen molar-refractivity contribution in [2.75, 3.05) is 25.5 Å². The summed E-state index contributed by atoms with van der Waals surface area (Å²) in [7, 11) is 4.17. The van der Waals surface area contributed by atoms with E-state index >= 15 is 0 Å². The first-order valence-corrected chi connectivity index (χ1v) is 7.64.